The normalized spacial score (nSPS) is 19.9. The number of carbonyl (C=O) groups excluding carboxylic acids is 1. The van der Waals surface area contributed by atoms with Crippen LogP contribution in [0.4, 0.5) is 0 Å². The van der Waals surface area contributed by atoms with Gasteiger partial charge < -0.3 is 16.0 Å². The third-order valence-electron chi connectivity index (χ3n) is 2.79. The van der Waals surface area contributed by atoms with E-state index in [4.69, 9.17) is 5.73 Å². The van der Waals surface area contributed by atoms with Gasteiger partial charge in [0.2, 0.25) is 0 Å². The first-order valence-corrected chi connectivity index (χ1v) is 7.83. The number of hydrogen-bond acceptors (Lipinski definition) is 5. The number of fused-ring (bicyclic) bond motifs is 1. The van der Waals surface area contributed by atoms with Gasteiger partial charge in [0.25, 0.3) is 15.9 Å². The Morgan fingerprint density at radius 2 is 2.14 bits per heavy atom. The van der Waals surface area contributed by atoms with Crippen molar-refractivity contribution in [3.63, 3.8) is 0 Å². The zero-order valence-corrected chi connectivity index (χ0v) is 13.5. The van der Waals surface area contributed by atoms with Gasteiger partial charge in [0, 0.05) is 24.8 Å². The first-order valence-electron chi connectivity index (χ1n) is 6.23. The largest absolute Gasteiger partial charge is 0.350 e. The van der Waals surface area contributed by atoms with Crippen molar-refractivity contribution in [1.29, 1.82) is 0 Å². The van der Waals surface area contributed by atoms with Gasteiger partial charge in [-0.3, -0.25) is 4.79 Å². The number of amidine groups is 1. The van der Waals surface area contributed by atoms with Crippen LogP contribution in [0.25, 0.3) is 0 Å². The maximum Gasteiger partial charge on any atom is 0.256 e. The first-order chi connectivity index (χ1) is 9.16. The SMILES string of the molecule is CC(C)(N)CNC(=O)C1=CN2CCS(=O)(=O)N=C2C=C1.Cl. The first kappa shape index (κ1) is 17.7. The fourth-order valence-corrected chi connectivity index (χ4v) is 2.71. The van der Waals surface area contributed by atoms with E-state index < -0.39 is 15.6 Å². The molecule has 0 unspecified atom stereocenters. The van der Waals surface area contributed by atoms with E-state index in [1.807, 2.05) is 13.8 Å². The summed E-state index contributed by atoms with van der Waals surface area (Å²) in [5.74, 6) is 0.0465. The summed E-state index contributed by atoms with van der Waals surface area (Å²) >= 11 is 0. The maximum atomic E-state index is 12.0. The summed E-state index contributed by atoms with van der Waals surface area (Å²) in [7, 11) is -3.37. The van der Waals surface area contributed by atoms with Crippen LogP contribution < -0.4 is 11.1 Å². The third-order valence-corrected chi connectivity index (χ3v) is 3.95. The quantitative estimate of drug-likeness (QED) is 0.741. The Hall–Kier alpha value is -1.38. The van der Waals surface area contributed by atoms with Gasteiger partial charge >= 0.3 is 0 Å². The maximum absolute atomic E-state index is 12.0. The van der Waals surface area contributed by atoms with E-state index in [2.05, 4.69) is 9.71 Å². The van der Waals surface area contributed by atoms with Crippen molar-refractivity contribution in [2.45, 2.75) is 19.4 Å². The van der Waals surface area contributed by atoms with Crippen molar-refractivity contribution < 1.29 is 13.2 Å². The van der Waals surface area contributed by atoms with Gasteiger partial charge in [0.15, 0.2) is 0 Å². The van der Waals surface area contributed by atoms with E-state index in [9.17, 15) is 13.2 Å². The molecule has 21 heavy (non-hydrogen) atoms. The van der Waals surface area contributed by atoms with Crippen molar-refractivity contribution in [2.75, 3.05) is 18.8 Å². The Morgan fingerprint density at radius 1 is 1.48 bits per heavy atom. The minimum atomic E-state index is -3.37. The average molecular weight is 335 g/mol. The van der Waals surface area contributed by atoms with Crippen LogP contribution in [-0.2, 0) is 14.8 Å². The van der Waals surface area contributed by atoms with Crippen LogP contribution >= 0.6 is 12.4 Å². The molecule has 2 heterocycles. The van der Waals surface area contributed by atoms with Gasteiger partial charge in [0.1, 0.15) is 5.84 Å². The van der Waals surface area contributed by atoms with Gasteiger partial charge in [-0.25, -0.2) is 8.42 Å². The highest BCUT2D eigenvalue weighted by molar-refractivity contribution is 7.90. The molecule has 0 radical (unpaired) electrons. The lowest BCUT2D eigenvalue weighted by Crippen LogP contribution is -2.46. The second-order valence-corrected chi connectivity index (χ2v) is 7.27. The lowest BCUT2D eigenvalue weighted by molar-refractivity contribution is -0.117. The molecular formula is C12H19ClN4O3S. The fourth-order valence-electron chi connectivity index (χ4n) is 1.75. The molecule has 0 aliphatic carbocycles. The van der Waals surface area contributed by atoms with E-state index in [1.54, 1.807) is 17.2 Å². The molecule has 0 aromatic rings. The van der Waals surface area contributed by atoms with Gasteiger partial charge in [-0.05, 0) is 26.0 Å². The molecule has 0 fully saturated rings. The third kappa shape index (κ3) is 4.83. The van der Waals surface area contributed by atoms with E-state index in [0.717, 1.165) is 0 Å². The number of sulfonamides is 1. The van der Waals surface area contributed by atoms with Crippen LogP contribution in [0, 0.1) is 0 Å². The Labute approximate surface area is 130 Å². The molecule has 3 N–H and O–H groups in total. The number of nitrogens with zero attached hydrogens (tertiary/aromatic N) is 2. The molecule has 2 aliphatic heterocycles. The number of rotatable bonds is 3. The number of halogens is 1. The second kappa shape index (κ2) is 6.17. The summed E-state index contributed by atoms with van der Waals surface area (Å²) in [5.41, 5.74) is 5.77. The number of nitrogens with one attached hydrogen (secondary N) is 1. The molecule has 118 valence electrons. The van der Waals surface area contributed by atoms with Crippen LogP contribution in [0.5, 0.6) is 0 Å². The van der Waals surface area contributed by atoms with Crippen molar-refractivity contribution in [1.82, 2.24) is 10.2 Å². The van der Waals surface area contributed by atoms with Crippen LogP contribution in [0.3, 0.4) is 0 Å². The molecule has 0 saturated carbocycles. The summed E-state index contributed by atoms with van der Waals surface area (Å²) in [6.45, 7) is 4.29. The molecule has 0 aromatic carbocycles. The molecule has 2 aliphatic rings. The van der Waals surface area contributed by atoms with Crippen LogP contribution in [-0.4, -0.2) is 49.4 Å². The zero-order chi connectivity index (χ0) is 15.0. The zero-order valence-electron chi connectivity index (χ0n) is 11.9. The van der Waals surface area contributed by atoms with E-state index >= 15 is 0 Å². The van der Waals surface area contributed by atoms with Gasteiger partial charge in [-0.2, -0.15) is 0 Å². The topological polar surface area (TPSA) is 105 Å². The predicted octanol–water partition coefficient (Wildman–Crippen LogP) is -0.241. The minimum absolute atomic E-state index is 0. The highest BCUT2D eigenvalue weighted by Crippen LogP contribution is 2.15. The highest BCUT2D eigenvalue weighted by atomic mass is 35.5. The smallest absolute Gasteiger partial charge is 0.256 e. The molecule has 2 rings (SSSR count). The Balaban J connectivity index is 0.00000220. The molecule has 0 aromatic heterocycles. The lowest BCUT2D eigenvalue weighted by Gasteiger charge is -2.27. The van der Waals surface area contributed by atoms with Gasteiger partial charge in [-0.1, -0.05) is 0 Å². The van der Waals surface area contributed by atoms with E-state index in [-0.39, 0.29) is 24.1 Å². The Morgan fingerprint density at radius 3 is 2.76 bits per heavy atom. The van der Waals surface area contributed by atoms with E-state index in [1.165, 1.54) is 6.08 Å². The highest BCUT2D eigenvalue weighted by Gasteiger charge is 2.25. The standard InChI is InChI=1S/C12H18N4O3S.ClH/c1-12(2,13)8-14-11(17)9-3-4-10-15-20(18,19)6-5-16(10)7-9;/h3-4,7H,5-6,8,13H2,1-2H3,(H,14,17);1H. The molecule has 0 spiro atoms. The number of nitrogens with two attached hydrogens (primary N) is 1. The van der Waals surface area contributed by atoms with Crippen molar-refractivity contribution in [3.8, 4) is 0 Å². The van der Waals surface area contributed by atoms with Crippen molar-refractivity contribution >= 4 is 34.2 Å². The number of carbonyl (C=O) groups is 1. The molecule has 9 heteroatoms. The molecule has 0 bridgehead atoms. The van der Waals surface area contributed by atoms with Crippen LogP contribution in [0.15, 0.2) is 28.3 Å². The van der Waals surface area contributed by atoms with E-state index in [0.29, 0.717) is 24.5 Å². The summed E-state index contributed by atoms with van der Waals surface area (Å²) in [4.78, 5) is 13.6. The van der Waals surface area contributed by atoms with Gasteiger partial charge in [-0.15, -0.1) is 16.8 Å². The molecule has 1 amide bonds. The summed E-state index contributed by atoms with van der Waals surface area (Å²) in [6.07, 6.45) is 4.68. The molecule has 0 saturated heterocycles. The monoisotopic (exact) mass is 334 g/mol. The summed E-state index contributed by atoms with van der Waals surface area (Å²) in [6, 6.07) is 0. The average Bonchev–Trinajstić information content (AvgIpc) is 2.33. The van der Waals surface area contributed by atoms with Gasteiger partial charge in [0.05, 0.1) is 11.3 Å². The number of amides is 1. The number of hydrogen-bond donors (Lipinski definition) is 2. The Bertz CT molecular complexity index is 617. The summed E-state index contributed by atoms with van der Waals surface area (Å²) < 4.78 is 26.4. The second-order valence-electron chi connectivity index (χ2n) is 5.52. The summed E-state index contributed by atoms with van der Waals surface area (Å²) in [5, 5.41) is 2.74. The lowest BCUT2D eigenvalue weighted by atomic mass is 10.1. The van der Waals surface area contributed by atoms with Crippen molar-refractivity contribution in [2.24, 2.45) is 10.1 Å². The van der Waals surface area contributed by atoms with Crippen molar-refractivity contribution in [3.05, 3.63) is 23.9 Å². The van der Waals surface area contributed by atoms with Crippen LogP contribution in [0.2, 0.25) is 0 Å². The molecule has 0 atom stereocenters. The minimum Gasteiger partial charge on any atom is -0.350 e. The molecular weight excluding hydrogens is 316 g/mol. The fraction of sp³-hybridized carbons (Fsp3) is 0.500. The Kier molecular flexibility index (Phi) is 5.19. The molecule has 7 nitrogen and oxygen atoms in total. The van der Waals surface area contributed by atoms with Crippen LogP contribution in [0.1, 0.15) is 13.8 Å². The predicted molar refractivity (Wildman–Crippen MR) is 83.7 cm³/mol.